The summed E-state index contributed by atoms with van der Waals surface area (Å²) >= 11 is 0. The third kappa shape index (κ3) is 4.92. The highest BCUT2D eigenvalue weighted by Crippen LogP contribution is 2.20. The number of ether oxygens (including phenoxy) is 1. The predicted octanol–water partition coefficient (Wildman–Crippen LogP) is 0.602. The zero-order chi connectivity index (χ0) is 11.9. The molecule has 1 aliphatic carbocycles. The van der Waals surface area contributed by atoms with Crippen LogP contribution in [0.15, 0.2) is 0 Å². The fourth-order valence-corrected chi connectivity index (χ4v) is 2.72. The Morgan fingerprint density at radius 1 is 1.18 bits per heavy atom. The van der Waals surface area contributed by atoms with Crippen molar-refractivity contribution < 1.29 is 9.84 Å². The number of aliphatic hydroxyl groups excluding tert-OH is 1. The van der Waals surface area contributed by atoms with Crippen LogP contribution in [-0.4, -0.2) is 61.5 Å². The highest BCUT2D eigenvalue weighted by molar-refractivity contribution is 4.72. The van der Waals surface area contributed by atoms with E-state index in [1.807, 2.05) is 0 Å². The van der Waals surface area contributed by atoms with Crippen LogP contribution in [0.4, 0.5) is 0 Å². The molecule has 4 heteroatoms. The second-order valence-electron chi connectivity index (χ2n) is 5.30. The van der Waals surface area contributed by atoms with Gasteiger partial charge in [-0.1, -0.05) is 19.3 Å². The highest BCUT2D eigenvalue weighted by Gasteiger charge is 2.18. The molecule has 0 unspecified atom stereocenters. The molecule has 1 saturated carbocycles. The number of rotatable bonds is 5. The quantitative estimate of drug-likeness (QED) is 0.741. The Labute approximate surface area is 104 Å². The van der Waals surface area contributed by atoms with Gasteiger partial charge in [0.25, 0.3) is 0 Å². The summed E-state index contributed by atoms with van der Waals surface area (Å²) in [5.41, 5.74) is 0. The molecule has 2 fully saturated rings. The SMILES string of the molecule is O[C@@H](COC1CCCCC1)CN1CCNCC1. The van der Waals surface area contributed by atoms with Crippen molar-refractivity contribution in [1.82, 2.24) is 10.2 Å². The van der Waals surface area contributed by atoms with Crippen molar-refractivity contribution in [2.45, 2.75) is 44.3 Å². The smallest absolute Gasteiger partial charge is 0.0900 e. The Hall–Kier alpha value is -0.160. The standard InChI is InChI=1S/C13H26N2O2/c16-12(10-15-8-6-14-7-9-15)11-17-13-4-2-1-3-5-13/h12-14,16H,1-11H2/t12-/m1/s1. The second-order valence-corrected chi connectivity index (χ2v) is 5.30. The van der Waals surface area contributed by atoms with Crippen LogP contribution in [0.2, 0.25) is 0 Å². The molecule has 4 nitrogen and oxygen atoms in total. The minimum absolute atomic E-state index is 0.324. The molecule has 100 valence electrons. The average molecular weight is 242 g/mol. The molecule has 0 amide bonds. The van der Waals surface area contributed by atoms with E-state index in [1.54, 1.807) is 0 Å². The molecule has 1 heterocycles. The van der Waals surface area contributed by atoms with Crippen LogP contribution in [0.3, 0.4) is 0 Å². The molecule has 1 saturated heterocycles. The van der Waals surface area contributed by atoms with E-state index >= 15 is 0 Å². The van der Waals surface area contributed by atoms with Crippen LogP contribution in [0.25, 0.3) is 0 Å². The lowest BCUT2D eigenvalue weighted by molar-refractivity contribution is -0.0340. The molecule has 2 rings (SSSR count). The van der Waals surface area contributed by atoms with Gasteiger partial charge in [0, 0.05) is 32.7 Å². The van der Waals surface area contributed by atoms with E-state index in [-0.39, 0.29) is 6.10 Å². The third-order valence-electron chi connectivity index (χ3n) is 3.76. The van der Waals surface area contributed by atoms with Crippen LogP contribution < -0.4 is 5.32 Å². The zero-order valence-electron chi connectivity index (χ0n) is 10.7. The number of hydrogen-bond donors (Lipinski definition) is 2. The van der Waals surface area contributed by atoms with Crippen LogP contribution >= 0.6 is 0 Å². The molecule has 0 spiro atoms. The summed E-state index contributed by atoms with van der Waals surface area (Å²) in [6, 6.07) is 0. The first kappa shape index (κ1) is 13.3. The predicted molar refractivity (Wildman–Crippen MR) is 68.1 cm³/mol. The Morgan fingerprint density at radius 3 is 2.59 bits per heavy atom. The summed E-state index contributed by atoms with van der Waals surface area (Å²) in [4.78, 5) is 2.31. The van der Waals surface area contributed by atoms with Gasteiger partial charge in [-0.15, -0.1) is 0 Å². The molecular formula is C13H26N2O2. The van der Waals surface area contributed by atoms with Gasteiger partial charge in [-0.05, 0) is 12.8 Å². The van der Waals surface area contributed by atoms with Gasteiger partial charge in [0.1, 0.15) is 0 Å². The van der Waals surface area contributed by atoms with Crippen LogP contribution in [-0.2, 0) is 4.74 Å². The minimum Gasteiger partial charge on any atom is -0.389 e. The fraction of sp³-hybridized carbons (Fsp3) is 1.00. The van der Waals surface area contributed by atoms with E-state index in [0.29, 0.717) is 12.7 Å². The van der Waals surface area contributed by atoms with E-state index in [9.17, 15) is 5.11 Å². The maximum absolute atomic E-state index is 9.94. The Morgan fingerprint density at radius 2 is 1.88 bits per heavy atom. The number of nitrogens with one attached hydrogen (secondary N) is 1. The minimum atomic E-state index is -0.324. The van der Waals surface area contributed by atoms with Crippen molar-refractivity contribution in [1.29, 1.82) is 0 Å². The normalized spacial score (nSPS) is 25.9. The van der Waals surface area contributed by atoms with Gasteiger partial charge >= 0.3 is 0 Å². The van der Waals surface area contributed by atoms with Crippen molar-refractivity contribution in [2.75, 3.05) is 39.3 Å². The first-order valence-electron chi connectivity index (χ1n) is 7.07. The van der Waals surface area contributed by atoms with Gasteiger partial charge in [-0.3, -0.25) is 4.90 Å². The van der Waals surface area contributed by atoms with Crippen molar-refractivity contribution in [3.63, 3.8) is 0 Å². The van der Waals surface area contributed by atoms with Crippen LogP contribution in [0.5, 0.6) is 0 Å². The maximum Gasteiger partial charge on any atom is 0.0900 e. The Bertz CT molecular complexity index is 202. The lowest BCUT2D eigenvalue weighted by atomic mass is 9.98. The number of β-amino-alcohol motifs (C(OH)–C–C–N with tert-alkyl or cyclic N) is 1. The summed E-state index contributed by atoms with van der Waals surface area (Å²) in [5.74, 6) is 0. The number of nitrogens with zero attached hydrogens (tertiary/aromatic N) is 1. The molecule has 0 aromatic carbocycles. The van der Waals surface area contributed by atoms with Gasteiger partial charge in [0.2, 0.25) is 0 Å². The van der Waals surface area contributed by atoms with Crippen LogP contribution in [0, 0.1) is 0 Å². The molecule has 0 aromatic heterocycles. The molecule has 2 aliphatic rings. The third-order valence-corrected chi connectivity index (χ3v) is 3.76. The number of hydrogen-bond acceptors (Lipinski definition) is 4. The monoisotopic (exact) mass is 242 g/mol. The summed E-state index contributed by atoms with van der Waals surface area (Å²) in [6.45, 7) is 5.43. The van der Waals surface area contributed by atoms with E-state index in [1.165, 1.54) is 32.1 Å². The summed E-state index contributed by atoms with van der Waals surface area (Å²) in [7, 11) is 0. The van der Waals surface area contributed by atoms with Gasteiger partial charge in [0.15, 0.2) is 0 Å². The largest absolute Gasteiger partial charge is 0.389 e. The number of piperazine rings is 1. The fourth-order valence-electron chi connectivity index (χ4n) is 2.72. The van der Waals surface area contributed by atoms with Crippen molar-refractivity contribution in [3.05, 3.63) is 0 Å². The van der Waals surface area contributed by atoms with E-state index in [2.05, 4.69) is 10.2 Å². The Balaban J connectivity index is 1.57. The summed E-state index contributed by atoms with van der Waals surface area (Å²) < 4.78 is 5.79. The van der Waals surface area contributed by atoms with E-state index in [4.69, 9.17) is 4.74 Å². The summed E-state index contributed by atoms with van der Waals surface area (Å²) in [6.07, 6.45) is 6.37. The Kier molecular flexibility index (Phi) is 5.71. The number of aliphatic hydroxyl groups is 1. The first-order valence-corrected chi connectivity index (χ1v) is 7.07. The molecule has 0 bridgehead atoms. The molecule has 0 aromatic rings. The van der Waals surface area contributed by atoms with Gasteiger partial charge in [-0.2, -0.15) is 0 Å². The molecule has 0 radical (unpaired) electrons. The molecule has 1 atom stereocenters. The first-order chi connectivity index (χ1) is 8.34. The van der Waals surface area contributed by atoms with Gasteiger partial charge in [-0.25, -0.2) is 0 Å². The molecule has 1 aliphatic heterocycles. The molecule has 17 heavy (non-hydrogen) atoms. The zero-order valence-corrected chi connectivity index (χ0v) is 10.7. The second kappa shape index (κ2) is 7.31. The lowest BCUT2D eigenvalue weighted by Gasteiger charge is -2.30. The molecule has 2 N–H and O–H groups in total. The van der Waals surface area contributed by atoms with E-state index < -0.39 is 0 Å². The van der Waals surface area contributed by atoms with Gasteiger partial charge in [0.05, 0.1) is 18.8 Å². The van der Waals surface area contributed by atoms with Crippen molar-refractivity contribution in [3.8, 4) is 0 Å². The lowest BCUT2D eigenvalue weighted by Crippen LogP contribution is -2.47. The summed E-state index contributed by atoms with van der Waals surface area (Å²) in [5, 5.41) is 13.3. The highest BCUT2D eigenvalue weighted by atomic mass is 16.5. The van der Waals surface area contributed by atoms with Crippen molar-refractivity contribution >= 4 is 0 Å². The molecular weight excluding hydrogens is 216 g/mol. The topological polar surface area (TPSA) is 44.7 Å². The van der Waals surface area contributed by atoms with Crippen molar-refractivity contribution in [2.24, 2.45) is 0 Å². The van der Waals surface area contributed by atoms with Gasteiger partial charge < -0.3 is 15.2 Å². The van der Waals surface area contributed by atoms with E-state index in [0.717, 1.165) is 32.7 Å². The van der Waals surface area contributed by atoms with Crippen LogP contribution in [0.1, 0.15) is 32.1 Å². The maximum atomic E-state index is 9.94. The average Bonchev–Trinajstić information content (AvgIpc) is 2.39.